The average Bonchev–Trinajstić information content (AvgIpc) is 2.23. The van der Waals surface area contributed by atoms with Gasteiger partial charge in [-0.25, -0.2) is 0 Å². The van der Waals surface area contributed by atoms with Crippen molar-refractivity contribution in [1.82, 2.24) is 4.90 Å². The lowest BCUT2D eigenvalue weighted by atomic mass is 10.1. The van der Waals surface area contributed by atoms with Crippen LogP contribution >= 0.6 is 12.2 Å². The highest BCUT2D eigenvalue weighted by atomic mass is 32.1. The van der Waals surface area contributed by atoms with Crippen LogP contribution in [0, 0.1) is 11.4 Å². The number of nitrogens with one attached hydrogen (secondary N) is 1. The Morgan fingerprint density at radius 2 is 2.07 bits per heavy atom. The summed E-state index contributed by atoms with van der Waals surface area (Å²) in [5.41, 5.74) is 1.65. The van der Waals surface area contributed by atoms with Crippen LogP contribution in [-0.2, 0) is 0 Å². The maximum Gasteiger partial charge on any atom is 0.220 e. The van der Waals surface area contributed by atoms with Gasteiger partial charge >= 0.3 is 0 Å². The highest BCUT2D eigenvalue weighted by molar-refractivity contribution is 7.71. The van der Waals surface area contributed by atoms with E-state index in [4.69, 9.17) is 12.2 Å². The third-order valence-electron chi connectivity index (χ3n) is 2.55. The van der Waals surface area contributed by atoms with Crippen molar-refractivity contribution in [2.75, 3.05) is 32.0 Å². The minimum Gasteiger partial charge on any atom is -0.380 e. The first kappa shape index (κ1) is 12.3. The Hall–Kier alpha value is -0.740. The van der Waals surface area contributed by atoms with Gasteiger partial charge in [0.15, 0.2) is 0 Å². The van der Waals surface area contributed by atoms with E-state index in [9.17, 15) is 4.79 Å². The first-order valence-corrected chi connectivity index (χ1v) is 5.71. The SMILES string of the molecule is CCCN(C)CCNc1c(C)c(=S)c1=O. The normalized spacial score (nSPS) is 11.2. The Labute approximate surface area is 95.8 Å². The Balaban J connectivity index is 2.33. The number of likely N-dealkylation sites (N-methyl/N-ethyl adjacent to an activating group) is 1. The number of anilines is 1. The summed E-state index contributed by atoms with van der Waals surface area (Å²) < 4.78 is 0.486. The molecule has 0 aliphatic carbocycles. The molecular weight excluding hydrogens is 208 g/mol. The van der Waals surface area contributed by atoms with Crippen molar-refractivity contribution in [1.29, 1.82) is 0 Å². The molecule has 0 aliphatic rings. The zero-order valence-electron chi connectivity index (χ0n) is 9.59. The molecule has 3 nitrogen and oxygen atoms in total. The van der Waals surface area contributed by atoms with Crippen LogP contribution in [0.15, 0.2) is 4.79 Å². The van der Waals surface area contributed by atoms with Gasteiger partial charge in [-0.15, -0.1) is 0 Å². The van der Waals surface area contributed by atoms with Crippen molar-refractivity contribution in [3.05, 3.63) is 20.3 Å². The fourth-order valence-electron chi connectivity index (χ4n) is 1.58. The molecule has 0 saturated heterocycles. The third kappa shape index (κ3) is 2.86. The molecular formula is C11H18N2OS. The maximum absolute atomic E-state index is 11.3. The van der Waals surface area contributed by atoms with E-state index in [1.165, 1.54) is 0 Å². The van der Waals surface area contributed by atoms with Gasteiger partial charge in [-0.3, -0.25) is 4.79 Å². The summed E-state index contributed by atoms with van der Waals surface area (Å²) in [5.74, 6) is 0. The summed E-state index contributed by atoms with van der Waals surface area (Å²) >= 11 is 4.89. The minimum absolute atomic E-state index is 0.000597. The molecule has 0 amide bonds. The molecule has 0 aliphatic heterocycles. The number of rotatable bonds is 6. The van der Waals surface area contributed by atoms with Gasteiger partial charge in [-0.1, -0.05) is 19.1 Å². The summed E-state index contributed by atoms with van der Waals surface area (Å²) in [7, 11) is 2.08. The fraction of sp³-hybridized carbons (Fsp3) is 0.636. The van der Waals surface area contributed by atoms with Gasteiger partial charge in [-0.05, 0) is 32.5 Å². The van der Waals surface area contributed by atoms with Gasteiger partial charge in [0.05, 0.1) is 10.2 Å². The van der Waals surface area contributed by atoms with Crippen LogP contribution in [-0.4, -0.2) is 31.6 Å². The van der Waals surface area contributed by atoms with Crippen LogP contribution in [0.3, 0.4) is 0 Å². The summed E-state index contributed by atoms with van der Waals surface area (Å²) in [6.45, 7) is 6.89. The second kappa shape index (κ2) is 5.37. The maximum atomic E-state index is 11.3. The highest BCUT2D eigenvalue weighted by Crippen LogP contribution is 2.13. The first-order valence-electron chi connectivity index (χ1n) is 5.30. The van der Waals surface area contributed by atoms with Crippen molar-refractivity contribution in [3.63, 3.8) is 0 Å². The quantitative estimate of drug-likeness (QED) is 0.749. The minimum atomic E-state index is 0.000597. The zero-order chi connectivity index (χ0) is 11.4. The Bertz CT molecular complexity index is 393. The lowest BCUT2D eigenvalue weighted by Gasteiger charge is -2.17. The van der Waals surface area contributed by atoms with Crippen molar-refractivity contribution >= 4 is 17.9 Å². The molecule has 0 radical (unpaired) electrons. The molecule has 1 rings (SSSR count). The standard InChI is InChI=1S/C11H18N2OS/c1-4-6-13(3)7-5-12-9-8(2)11(15)10(9)14/h12H,4-7H2,1-3H3. The predicted molar refractivity (Wildman–Crippen MR) is 66.9 cm³/mol. The predicted octanol–water partition coefficient (Wildman–Crippen LogP) is 1.71. The summed E-state index contributed by atoms with van der Waals surface area (Å²) in [6, 6.07) is 0. The van der Waals surface area contributed by atoms with E-state index in [0.29, 0.717) is 10.2 Å². The average molecular weight is 226 g/mol. The van der Waals surface area contributed by atoms with E-state index in [1.54, 1.807) is 0 Å². The summed E-state index contributed by atoms with van der Waals surface area (Å²) in [4.78, 5) is 13.5. The zero-order valence-corrected chi connectivity index (χ0v) is 10.4. The van der Waals surface area contributed by atoms with Crippen molar-refractivity contribution in [2.24, 2.45) is 0 Å². The Morgan fingerprint density at radius 1 is 1.40 bits per heavy atom. The van der Waals surface area contributed by atoms with Gasteiger partial charge in [0.25, 0.3) is 0 Å². The van der Waals surface area contributed by atoms with Gasteiger partial charge in [0.1, 0.15) is 0 Å². The molecule has 1 N–H and O–H groups in total. The van der Waals surface area contributed by atoms with Crippen LogP contribution < -0.4 is 10.7 Å². The van der Waals surface area contributed by atoms with Crippen LogP contribution in [0.1, 0.15) is 18.9 Å². The van der Waals surface area contributed by atoms with Gasteiger partial charge in [-0.2, -0.15) is 0 Å². The van der Waals surface area contributed by atoms with Crippen LogP contribution in [0.5, 0.6) is 0 Å². The molecule has 84 valence electrons. The van der Waals surface area contributed by atoms with E-state index >= 15 is 0 Å². The number of nitrogens with zero attached hydrogens (tertiary/aromatic N) is 1. The lowest BCUT2D eigenvalue weighted by Crippen LogP contribution is -2.28. The van der Waals surface area contributed by atoms with E-state index in [1.807, 2.05) is 6.92 Å². The molecule has 1 aromatic carbocycles. The number of hydrogen-bond donors (Lipinski definition) is 1. The molecule has 0 atom stereocenters. The second-order valence-electron chi connectivity index (χ2n) is 3.89. The summed E-state index contributed by atoms with van der Waals surface area (Å²) in [6.07, 6.45) is 1.15. The molecule has 0 aromatic heterocycles. The largest absolute Gasteiger partial charge is 0.380 e. The van der Waals surface area contributed by atoms with Crippen molar-refractivity contribution in [3.8, 4) is 0 Å². The topological polar surface area (TPSA) is 32.3 Å². The van der Waals surface area contributed by atoms with E-state index in [0.717, 1.165) is 31.6 Å². The van der Waals surface area contributed by atoms with Gasteiger partial charge < -0.3 is 10.2 Å². The van der Waals surface area contributed by atoms with Crippen LogP contribution in [0.2, 0.25) is 0 Å². The second-order valence-corrected chi connectivity index (χ2v) is 4.30. The highest BCUT2D eigenvalue weighted by Gasteiger charge is 2.12. The van der Waals surface area contributed by atoms with Gasteiger partial charge in [0, 0.05) is 13.1 Å². The van der Waals surface area contributed by atoms with Crippen molar-refractivity contribution in [2.45, 2.75) is 20.3 Å². The van der Waals surface area contributed by atoms with E-state index in [2.05, 4.69) is 24.2 Å². The molecule has 0 saturated carbocycles. The summed E-state index contributed by atoms with van der Waals surface area (Å²) in [5, 5.41) is 3.14. The number of hydrogen-bond acceptors (Lipinski definition) is 4. The molecule has 0 bridgehead atoms. The molecule has 1 aromatic rings. The smallest absolute Gasteiger partial charge is 0.220 e. The molecule has 0 fully saturated rings. The lowest BCUT2D eigenvalue weighted by molar-refractivity contribution is 0.348. The van der Waals surface area contributed by atoms with Crippen molar-refractivity contribution < 1.29 is 0 Å². The monoisotopic (exact) mass is 226 g/mol. The molecule has 4 heteroatoms. The van der Waals surface area contributed by atoms with Gasteiger partial charge in [0.2, 0.25) is 5.43 Å². The van der Waals surface area contributed by atoms with E-state index in [-0.39, 0.29) is 5.43 Å². The van der Waals surface area contributed by atoms with E-state index < -0.39 is 0 Å². The molecule has 0 spiro atoms. The molecule has 15 heavy (non-hydrogen) atoms. The first-order chi connectivity index (χ1) is 7.07. The molecule has 0 heterocycles. The molecule has 0 unspecified atom stereocenters. The fourth-order valence-corrected chi connectivity index (χ4v) is 1.79. The van der Waals surface area contributed by atoms with Crippen LogP contribution in [0.4, 0.5) is 5.69 Å². The third-order valence-corrected chi connectivity index (χ3v) is 3.04. The Kier molecular flexibility index (Phi) is 4.42. The Morgan fingerprint density at radius 3 is 2.60 bits per heavy atom. The van der Waals surface area contributed by atoms with Crippen LogP contribution in [0.25, 0.3) is 0 Å².